The molecule has 1 aromatic carbocycles. The number of aromatic carboxylic acids is 1. The first-order valence-electron chi connectivity index (χ1n) is 6.19. The average Bonchev–Trinajstić information content (AvgIpc) is 2.98. The molecular formula is C13H14N2O5S. The van der Waals surface area contributed by atoms with Crippen molar-refractivity contribution in [1.82, 2.24) is 9.88 Å². The average molecular weight is 310 g/mol. The SMILES string of the molecule is CCc1ccc(C(=O)O)cc1S(=O)(=O)NCc1ccon1. The van der Waals surface area contributed by atoms with Gasteiger partial charge in [-0.25, -0.2) is 17.9 Å². The minimum Gasteiger partial charge on any atom is -0.478 e. The third kappa shape index (κ3) is 3.47. The molecule has 2 rings (SSSR count). The van der Waals surface area contributed by atoms with Crippen LogP contribution < -0.4 is 4.72 Å². The van der Waals surface area contributed by atoms with Crippen molar-refractivity contribution in [3.63, 3.8) is 0 Å². The minimum atomic E-state index is -3.83. The first-order valence-corrected chi connectivity index (χ1v) is 7.67. The van der Waals surface area contributed by atoms with E-state index in [1.807, 2.05) is 0 Å². The Morgan fingerprint density at radius 1 is 1.38 bits per heavy atom. The van der Waals surface area contributed by atoms with Gasteiger partial charge in [0.05, 0.1) is 22.7 Å². The van der Waals surface area contributed by atoms with E-state index < -0.39 is 16.0 Å². The number of nitrogens with one attached hydrogen (secondary N) is 1. The Hall–Kier alpha value is -2.19. The smallest absolute Gasteiger partial charge is 0.335 e. The highest BCUT2D eigenvalue weighted by molar-refractivity contribution is 7.89. The molecule has 0 aliphatic carbocycles. The van der Waals surface area contributed by atoms with Gasteiger partial charge in [-0.1, -0.05) is 18.1 Å². The molecule has 21 heavy (non-hydrogen) atoms. The zero-order valence-corrected chi connectivity index (χ0v) is 12.1. The van der Waals surface area contributed by atoms with Crippen molar-refractivity contribution in [2.24, 2.45) is 0 Å². The van der Waals surface area contributed by atoms with E-state index in [0.29, 0.717) is 17.7 Å². The predicted octanol–water partition coefficient (Wildman–Crippen LogP) is 1.41. The second kappa shape index (κ2) is 6.06. The minimum absolute atomic E-state index is 0.0285. The van der Waals surface area contributed by atoms with Gasteiger partial charge in [0.2, 0.25) is 10.0 Å². The number of aryl methyl sites for hydroxylation is 1. The van der Waals surface area contributed by atoms with Crippen LogP contribution in [0.25, 0.3) is 0 Å². The maximum atomic E-state index is 12.3. The summed E-state index contributed by atoms with van der Waals surface area (Å²) in [6, 6.07) is 5.59. The third-order valence-corrected chi connectivity index (χ3v) is 4.40. The fourth-order valence-corrected chi connectivity index (χ4v) is 3.14. The molecule has 0 unspecified atom stereocenters. The van der Waals surface area contributed by atoms with E-state index in [0.717, 1.165) is 6.07 Å². The lowest BCUT2D eigenvalue weighted by Gasteiger charge is -2.10. The lowest BCUT2D eigenvalue weighted by Crippen LogP contribution is -2.24. The van der Waals surface area contributed by atoms with Crippen LogP contribution in [-0.4, -0.2) is 24.7 Å². The number of benzene rings is 1. The van der Waals surface area contributed by atoms with Crippen LogP contribution in [0.3, 0.4) is 0 Å². The summed E-state index contributed by atoms with van der Waals surface area (Å²) >= 11 is 0. The van der Waals surface area contributed by atoms with Gasteiger partial charge in [0.15, 0.2) is 0 Å². The molecule has 1 aromatic heterocycles. The van der Waals surface area contributed by atoms with Crippen LogP contribution in [0, 0.1) is 0 Å². The number of carboxylic acids is 1. The van der Waals surface area contributed by atoms with Crippen LogP contribution in [0.5, 0.6) is 0 Å². The van der Waals surface area contributed by atoms with Crippen molar-refractivity contribution < 1.29 is 22.8 Å². The van der Waals surface area contributed by atoms with E-state index in [4.69, 9.17) is 5.11 Å². The van der Waals surface area contributed by atoms with Gasteiger partial charge in [-0.05, 0) is 24.1 Å². The highest BCUT2D eigenvalue weighted by atomic mass is 32.2. The standard InChI is InChI=1S/C13H14N2O5S/c1-2-9-3-4-10(13(16)17)7-12(9)21(18,19)14-8-11-5-6-20-15-11/h3-7,14H,2,8H2,1H3,(H,16,17). The Bertz CT molecular complexity index is 738. The summed E-state index contributed by atoms with van der Waals surface area (Å²) in [6.07, 6.45) is 1.81. The van der Waals surface area contributed by atoms with Gasteiger partial charge in [-0.15, -0.1) is 0 Å². The van der Waals surface area contributed by atoms with Gasteiger partial charge < -0.3 is 9.63 Å². The van der Waals surface area contributed by atoms with Gasteiger partial charge >= 0.3 is 5.97 Å². The molecule has 112 valence electrons. The number of aromatic nitrogens is 1. The van der Waals surface area contributed by atoms with Crippen molar-refractivity contribution in [3.05, 3.63) is 47.3 Å². The van der Waals surface area contributed by atoms with Gasteiger partial charge in [0.1, 0.15) is 6.26 Å². The summed E-state index contributed by atoms with van der Waals surface area (Å²) < 4.78 is 31.6. The number of hydrogen-bond donors (Lipinski definition) is 2. The van der Waals surface area contributed by atoms with E-state index in [1.54, 1.807) is 6.92 Å². The predicted molar refractivity (Wildman–Crippen MR) is 73.3 cm³/mol. The summed E-state index contributed by atoms with van der Waals surface area (Å²) in [5.41, 5.74) is 0.910. The quantitative estimate of drug-likeness (QED) is 0.835. The van der Waals surface area contributed by atoms with Crippen molar-refractivity contribution in [2.45, 2.75) is 24.8 Å². The second-order valence-electron chi connectivity index (χ2n) is 4.30. The molecule has 0 bridgehead atoms. The highest BCUT2D eigenvalue weighted by Gasteiger charge is 2.20. The zero-order chi connectivity index (χ0) is 15.5. The Balaban J connectivity index is 2.33. The largest absolute Gasteiger partial charge is 0.478 e. The summed E-state index contributed by atoms with van der Waals surface area (Å²) in [6.45, 7) is 1.77. The zero-order valence-electron chi connectivity index (χ0n) is 11.2. The van der Waals surface area contributed by atoms with Gasteiger partial charge in [-0.2, -0.15) is 0 Å². The maximum Gasteiger partial charge on any atom is 0.335 e. The number of sulfonamides is 1. The molecule has 0 saturated carbocycles. The van der Waals surface area contributed by atoms with Crippen molar-refractivity contribution in [1.29, 1.82) is 0 Å². The number of rotatable bonds is 6. The van der Waals surface area contributed by atoms with Crippen LogP contribution in [0.4, 0.5) is 0 Å². The van der Waals surface area contributed by atoms with Crippen LogP contribution in [0.2, 0.25) is 0 Å². The summed E-state index contributed by atoms with van der Waals surface area (Å²) in [5.74, 6) is -1.18. The Morgan fingerprint density at radius 2 is 2.14 bits per heavy atom. The maximum absolute atomic E-state index is 12.3. The van der Waals surface area contributed by atoms with Crippen molar-refractivity contribution in [3.8, 4) is 0 Å². The monoisotopic (exact) mass is 310 g/mol. The van der Waals surface area contributed by atoms with Crippen molar-refractivity contribution >= 4 is 16.0 Å². The topological polar surface area (TPSA) is 110 Å². The van der Waals surface area contributed by atoms with E-state index in [-0.39, 0.29) is 17.0 Å². The molecule has 2 aromatic rings. The molecule has 0 spiro atoms. The summed E-state index contributed by atoms with van der Waals surface area (Å²) in [5, 5.41) is 12.6. The number of carbonyl (C=O) groups is 1. The first kappa shape index (κ1) is 15.2. The van der Waals surface area contributed by atoms with Gasteiger partial charge in [0.25, 0.3) is 0 Å². The third-order valence-electron chi connectivity index (χ3n) is 2.92. The van der Waals surface area contributed by atoms with Gasteiger partial charge in [-0.3, -0.25) is 0 Å². The Labute approximate surface area is 121 Å². The lowest BCUT2D eigenvalue weighted by molar-refractivity contribution is 0.0696. The molecular weight excluding hydrogens is 296 g/mol. The summed E-state index contributed by atoms with van der Waals surface area (Å²) in [4.78, 5) is 11.0. The molecule has 1 heterocycles. The number of nitrogens with zero attached hydrogens (tertiary/aromatic N) is 1. The molecule has 7 nitrogen and oxygen atoms in total. The molecule has 2 N–H and O–H groups in total. The molecule has 0 aliphatic heterocycles. The van der Waals surface area contributed by atoms with E-state index >= 15 is 0 Å². The number of carboxylic acid groups (broad SMARTS) is 1. The molecule has 8 heteroatoms. The fraction of sp³-hybridized carbons (Fsp3) is 0.231. The summed E-state index contributed by atoms with van der Waals surface area (Å²) in [7, 11) is -3.83. The molecule has 0 fully saturated rings. The second-order valence-corrected chi connectivity index (χ2v) is 6.03. The van der Waals surface area contributed by atoms with Crippen LogP contribution in [-0.2, 0) is 23.0 Å². The van der Waals surface area contributed by atoms with E-state index in [1.165, 1.54) is 24.5 Å². The highest BCUT2D eigenvalue weighted by Crippen LogP contribution is 2.19. The molecule has 0 radical (unpaired) electrons. The molecule has 0 atom stereocenters. The lowest BCUT2D eigenvalue weighted by atomic mass is 10.1. The van der Waals surface area contributed by atoms with Crippen LogP contribution in [0.1, 0.15) is 28.5 Å². The molecule has 0 aliphatic rings. The fourth-order valence-electron chi connectivity index (χ4n) is 1.81. The molecule has 0 amide bonds. The van der Waals surface area contributed by atoms with Crippen LogP contribution in [0.15, 0.2) is 39.9 Å². The van der Waals surface area contributed by atoms with E-state index in [9.17, 15) is 13.2 Å². The van der Waals surface area contributed by atoms with Gasteiger partial charge in [0, 0.05) is 6.07 Å². The van der Waals surface area contributed by atoms with Crippen molar-refractivity contribution in [2.75, 3.05) is 0 Å². The number of hydrogen-bond acceptors (Lipinski definition) is 5. The Morgan fingerprint density at radius 3 is 2.71 bits per heavy atom. The normalized spacial score (nSPS) is 11.5. The van der Waals surface area contributed by atoms with Crippen LogP contribution >= 0.6 is 0 Å². The molecule has 0 saturated heterocycles. The van der Waals surface area contributed by atoms with E-state index in [2.05, 4.69) is 14.4 Å². The Kier molecular flexibility index (Phi) is 4.39. The first-order chi connectivity index (χ1) is 9.94.